The van der Waals surface area contributed by atoms with Crippen molar-refractivity contribution in [3.8, 4) is 0 Å². The average Bonchev–Trinajstić information content (AvgIpc) is 1.62. The van der Waals surface area contributed by atoms with Gasteiger partial charge in [0.1, 0.15) is 0 Å². The molecule has 0 aliphatic heterocycles. The molecule has 0 rings (SSSR count). The summed E-state index contributed by atoms with van der Waals surface area (Å²) in [6.45, 7) is 0. The number of nitrogens with zero attached hydrogens (tertiary/aromatic N) is 1. The Morgan fingerprint density at radius 1 is 1.67 bits per heavy atom. The van der Waals surface area contributed by atoms with Crippen LogP contribution in [0.3, 0.4) is 0 Å². The minimum absolute atomic E-state index is 0.257. The van der Waals surface area contributed by atoms with Gasteiger partial charge in [0.25, 0.3) is 10.0 Å². The Bertz CT molecular complexity index is 207. The molecular weight excluding hydrogens is 148 g/mol. The van der Waals surface area contributed by atoms with Crippen molar-refractivity contribution < 1.29 is 18.3 Å². The van der Waals surface area contributed by atoms with Crippen LogP contribution < -0.4 is 5.84 Å². The van der Waals surface area contributed by atoms with E-state index in [2.05, 4.69) is 5.84 Å². The molecule has 6 nitrogen and oxygen atoms in total. The number of hydrogen-bond donors (Lipinski definition) is 2. The van der Waals surface area contributed by atoms with Crippen LogP contribution in [-0.4, -0.2) is 30.3 Å². The Morgan fingerprint density at radius 2 is 2.00 bits per heavy atom. The third-order valence-corrected chi connectivity index (χ3v) is 1.42. The smallest absolute Gasteiger partial charge is 0.436 e. The number of rotatable bonds is 1. The zero-order valence-corrected chi connectivity index (χ0v) is 5.42. The van der Waals surface area contributed by atoms with Crippen LogP contribution in [0.25, 0.3) is 0 Å². The van der Waals surface area contributed by atoms with Gasteiger partial charge in [-0.3, -0.25) is 0 Å². The van der Waals surface area contributed by atoms with E-state index in [-0.39, 0.29) is 4.41 Å². The third kappa shape index (κ3) is 2.29. The van der Waals surface area contributed by atoms with Crippen LogP contribution in [0.2, 0.25) is 0 Å². The van der Waals surface area contributed by atoms with E-state index in [1.165, 1.54) is 0 Å². The molecule has 0 atom stereocenters. The molecule has 9 heavy (non-hydrogen) atoms. The molecule has 7 heteroatoms. The second-order valence-corrected chi connectivity index (χ2v) is 3.20. The number of nitrogens with two attached hydrogens (primary N) is 1. The molecule has 0 aromatic carbocycles. The maximum atomic E-state index is 10.2. The molecule has 0 radical (unpaired) electrons. The molecule has 0 unspecified atom stereocenters. The summed E-state index contributed by atoms with van der Waals surface area (Å²) in [7, 11) is -3.79. The molecule has 54 valence electrons. The van der Waals surface area contributed by atoms with Crippen LogP contribution in [0.15, 0.2) is 0 Å². The van der Waals surface area contributed by atoms with Gasteiger partial charge < -0.3 is 5.11 Å². The molecule has 0 bridgehead atoms. The maximum Gasteiger partial charge on any atom is 0.436 e. The van der Waals surface area contributed by atoms with E-state index in [1.54, 1.807) is 0 Å². The number of hydrogen-bond acceptors (Lipinski definition) is 4. The van der Waals surface area contributed by atoms with Crippen molar-refractivity contribution in [2.24, 2.45) is 5.84 Å². The number of hydrazine groups is 1. The molecule has 0 spiro atoms. The highest BCUT2D eigenvalue weighted by Gasteiger charge is 2.16. The van der Waals surface area contributed by atoms with Gasteiger partial charge in [-0.15, -0.1) is 4.41 Å². The number of amides is 1. The Hall–Kier alpha value is -0.820. The monoisotopic (exact) mass is 154 g/mol. The first-order valence-electron chi connectivity index (χ1n) is 1.83. The summed E-state index contributed by atoms with van der Waals surface area (Å²) < 4.78 is 20.1. The van der Waals surface area contributed by atoms with Crippen molar-refractivity contribution in [3.05, 3.63) is 0 Å². The third-order valence-electron chi connectivity index (χ3n) is 0.546. The molecule has 0 aromatic rings. The van der Waals surface area contributed by atoms with Crippen LogP contribution >= 0.6 is 0 Å². The zero-order chi connectivity index (χ0) is 7.65. The van der Waals surface area contributed by atoms with Crippen molar-refractivity contribution in [3.63, 3.8) is 0 Å². The molecule has 0 saturated heterocycles. The first kappa shape index (κ1) is 8.18. The summed E-state index contributed by atoms with van der Waals surface area (Å²) in [4.78, 5) is 9.77. The highest BCUT2D eigenvalue weighted by atomic mass is 32.2. The minimum Gasteiger partial charge on any atom is -0.463 e. The van der Waals surface area contributed by atoms with E-state index in [1.807, 2.05) is 0 Å². The first-order chi connectivity index (χ1) is 3.85. The fourth-order valence-corrected chi connectivity index (χ4v) is 0.426. The molecule has 0 aromatic heterocycles. The predicted octanol–water partition coefficient (Wildman–Crippen LogP) is -1.20. The first-order valence-corrected chi connectivity index (χ1v) is 3.68. The van der Waals surface area contributed by atoms with Crippen LogP contribution in [0.1, 0.15) is 0 Å². The normalized spacial score (nSPS) is 10.9. The summed E-state index contributed by atoms with van der Waals surface area (Å²) in [6, 6.07) is 0. The minimum atomic E-state index is -3.79. The lowest BCUT2D eigenvalue weighted by Gasteiger charge is -2.06. The highest BCUT2D eigenvalue weighted by molar-refractivity contribution is 7.88. The van der Waals surface area contributed by atoms with Crippen molar-refractivity contribution in [1.82, 2.24) is 4.41 Å². The topological polar surface area (TPSA) is 101 Å². The zero-order valence-electron chi connectivity index (χ0n) is 4.60. The number of carbonyl (C=O) groups is 1. The lowest BCUT2D eigenvalue weighted by molar-refractivity contribution is 0.173. The largest absolute Gasteiger partial charge is 0.463 e. The van der Waals surface area contributed by atoms with Crippen LogP contribution in [-0.2, 0) is 10.0 Å². The van der Waals surface area contributed by atoms with E-state index >= 15 is 0 Å². The number of carboxylic acid groups (broad SMARTS) is 1. The van der Waals surface area contributed by atoms with Crippen LogP contribution in [0, 0.1) is 0 Å². The maximum absolute atomic E-state index is 10.2. The Morgan fingerprint density at radius 3 is 2.00 bits per heavy atom. The van der Waals surface area contributed by atoms with Crippen molar-refractivity contribution in [2.75, 3.05) is 6.26 Å². The van der Waals surface area contributed by atoms with Gasteiger partial charge in [-0.1, -0.05) is 0 Å². The lowest BCUT2D eigenvalue weighted by Crippen LogP contribution is -2.40. The summed E-state index contributed by atoms with van der Waals surface area (Å²) in [5.74, 6) is 4.54. The molecule has 0 fully saturated rings. The van der Waals surface area contributed by atoms with Gasteiger partial charge in [0.05, 0.1) is 6.26 Å². The van der Waals surface area contributed by atoms with Gasteiger partial charge in [-0.2, -0.15) is 0 Å². The summed E-state index contributed by atoms with van der Waals surface area (Å²) in [5.41, 5.74) is 0. The molecular formula is C2H6N2O4S. The molecule has 0 heterocycles. The highest BCUT2D eigenvalue weighted by Crippen LogP contribution is 1.87. The van der Waals surface area contributed by atoms with Crippen LogP contribution in [0.4, 0.5) is 4.79 Å². The standard InChI is InChI=1S/C2H6N2O4S/c1-9(7,8)4(3)2(5)6/h3H2,1H3,(H,5,6). The molecule has 1 amide bonds. The predicted molar refractivity (Wildman–Crippen MR) is 28.9 cm³/mol. The lowest BCUT2D eigenvalue weighted by atomic mass is 11.3. The van der Waals surface area contributed by atoms with E-state index in [9.17, 15) is 13.2 Å². The van der Waals surface area contributed by atoms with Gasteiger partial charge in [0.2, 0.25) is 0 Å². The van der Waals surface area contributed by atoms with E-state index in [0.29, 0.717) is 6.26 Å². The Labute approximate surface area is 51.9 Å². The van der Waals surface area contributed by atoms with Gasteiger partial charge in [-0.05, 0) is 0 Å². The Balaban J connectivity index is 4.43. The molecule has 3 N–H and O–H groups in total. The summed E-state index contributed by atoms with van der Waals surface area (Å²) in [5, 5.41) is 7.94. The van der Waals surface area contributed by atoms with Crippen molar-refractivity contribution >= 4 is 16.1 Å². The average molecular weight is 154 g/mol. The van der Waals surface area contributed by atoms with E-state index in [4.69, 9.17) is 5.11 Å². The van der Waals surface area contributed by atoms with Crippen molar-refractivity contribution in [1.29, 1.82) is 0 Å². The molecule has 0 aliphatic carbocycles. The van der Waals surface area contributed by atoms with E-state index < -0.39 is 16.1 Å². The molecule has 0 saturated carbocycles. The van der Waals surface area contributed by atoms with Gasteiger partial charge in [0, 0.05) is 0 Å². The fourth-order valence-electron chi connectivity index (χ4n) is 0.142. The second-order valence-electron chi connectivity index (χ2n) is 1.34. The summed E-state index contributed by atoms with van der Waals surface area (Å²) in [6.07, 6.45) is -1.00. The molecule has 0 aliphatic rings. The van der Waals surface area contributed by atoms with Gasteiger partial charge in [0.15, 0.2) is 0 Å². The second kappa shape index (κ2) is 2.19. The SMILES string of the molecule is CS(=O)(=O)N(N)C(=O)O. The Kier molecular flexibility index (Phi) is 1.99. The summed E-state index contributed by atoms with van der Waals surface area (Å²) >= 11 is 0. The number of sulfonamides is 1. The van der Waals surface area contributed by atoms with Gasteiger partial charge in [-0.25, -0.2) is 19.1 Å². The fraction of sp³-hybridized carbons (Fsp3) is 0.500. The van der Waals surface area contributed by atoms with E-state index in [0.717, 1.165) is 0 Å². The quantitative estimate of drug-likeness (QED) is 0.280. The van der Waals surface area contributed by atoms with Crippen molar-refractivity contribution in [2.45, 2.75) is 0 Å². The van der Waals surface area contributed by atoms with Gasteiger partial charge >= 0.3 is 6.09 Å². The van der Waals surface area contributed by atoms with Crippen LogP contribution in [0.5, 0.6) is 0 Å².